The predicted molar refractivity (Wildman–Crippen MR) is 77.8 cm³/mol. The Labute approximate surface area is 113 Å². The monoisotopic (exact) mass is 296 g/mol. The van der Waals surface area contributed by atoms with Crippen LogP contribution in [-0.4, -0.2) is 25.7 Å². The highest BCUT2D eigenvalue weighted by Crippen LogP contribution is 2.30. The van der Waals surface area contributed by atoms with Crippen LogP contribution in [0.15, 0.2) is 22.7 Å². The van der Waals surface area contributed by atoms with Gasteiger partial charge in [-0.2, -0.15) is 0 Å². The van der Waals surface area contributed by atoms with Gasteiger partial charge in [0.15, 0.2) is 0 Å². The fourth-order valence-electron chi connectivity index (χ4n) is 2.68. The highest BCUT2D eigenvalue weighted by molar-refractivity contribution is 9.10. The third kappa shape index (κ3) is 2.83. The first-order chi connectivity index (χ1) is 8.11. The highest BCUT2D eigenvalue weighted by atomic mass is 79.9. The Balaban J connectivity index is 2.20. The maximum atomic E-state index is 3.57. The van der Waals surface area contributed by atoms with Gasteiger partial charge in [0.2, 0.25) is 0 Å². The van der Waals surface area contributed by atoms with Crippen molar-refractivity contribution in [2.24, 2.45) is 0 Å². The van der Waals surface area contributed by atoms with E-state index in [9.17, 15) is 0 Å². The van der Waals surface area contributed by atoms with Crippen molar-refractivity contribution in [1.29, 1.82) is 0 Å². The molecule has 0 radical (unpaired) electrons. The van der Waals surface area contributed by atoms with Gasteiger partial charge in [0, 0.05) is 28.8 Å². The lowest BCUT2D eigenvalue weighted by molar-refractivity contribution is 0.387. The van der Waals surface area contributed by atoms with E-state index in [0.29, 0.717) is 12.1 Å². The Morgan fingerprint density at radius 3 is 2.82 bits per heavy atom. The third-order valence-electron chi connectivity index (χ3n) is 3.77. The summed E-state index contributed by atoms with van der Waals surface area (Å²) in [6, 6.07) is 7.83. The van der Waals surface area contributed by atoms with Crippen molar-refractivity contribution in [3.8, 4) is 0 Å². The van der Waals surface area contributed by atoms with E-state index in [4.69, 9.17) is 0 Å². The molecular weight excluding hydrogens is 276 g/mol. The molecule has 1 aliphatic heterocycles. The van der Waals surface area contributed by atoms with Gasteiger partial charge in [-0.1, -0.05) is 22.0 Å². The second-order valence-corrected chi connectivity index (χ2v) is 5.90. The first-order valence-corrected chi connectivity index (χ1v) is 7.11. The molecule has 1 fully saturated rings. The standard InChI is InChI=1S/C14H21BrN2/c1-10-4-5-12(15)9-14(10)17-7-6-13(16-3)8-11(17)2/h4-5,9,11,13,16H,6-8H2,1-3H3. The molecule has 94 valence electrons. The van der Waals surface area contributed by atoms with E-state index >= 15 is 0 Å². The maximum absolute atomic E-state index is 3.57. The zero-order valence-corrected chi connectivity index (χ0v) is 12.4. The average Bonchev–Trinajstić information content (AvgIpc) is 2.32. The van der Waals surface area contributed by atoms with Gasteiger partial charge in [0.1, 0.15) is 0 Å². The number of aryl methyl sites for hydroxylation is 1. The van der Waals surface area contributed by atoms with Crippen LogP contribution >= 0.6 is 15.9 Å². The summed E-state index contributed by atoms with van der Waals surface area (Å²) in [6.45, 7) is 5.66. The van der Waals surface area contributed by atoms with Crippen LogP contribution in [0.5, 0.6) is 0 Å². The van der Waals surface area contributed by atoms with Gasteiger partial charge in [-0.25, -0.2) is 0 Å². The van der Waals surface area contributed by atoms with Gasteiger partial charge < -0.3 is 10.2 Å². The number of rotatable bonds is 2. The minimum absolute atomic E-state index is 0.606. The van der Waals surface area contributed by atoms with Crippen molar-refractivity contribution in [2.75, 3.05) is 18.5 Å². The summed E-state index contributed by atoms with van der Waals surface area (Å²) in [5, 5.41) is 3.40. The summed E-state index contributed by atoms with van der Waals surface area (Å²) in [5.74, 6) is 0. The molecule has 1 heterocycles. The summed E-state index contributed by atoms with van der Waals surface area (Å²) in [5.41, 5.74) is 2.74. The van der Waals surface area contributed by atoms with E-state index in [1.54, 1.807) is 0 Å². The molecule has 3 heteroatoms. The van der Waals surface area contributed by atoms with Gasteiger partial charge in [-0.15, -0.1) is 0 Å². The van der Waals surface area contributed by atoms with Gasteiger partial charge in [-0.3, -0.25) is 0 Å². The highest BCUT2D eigenvalue weighted by Gasteiger charge is 2.25. The molecule has 2 atom stereocenters. The van der Waals surface area contributed by atoms with E-state index in [2.05, 4.69) is 65.2 Å². The lowest BCUT2D eigenvalue weighted by Gasteiger charge is -2.40. The molecule has 1 aromatic rings. The van der Waals surface area contributed by atoms with Gasteiger partial charge in [0.05, 0.1) is 0 Å². The largest absolute Gasteiger partial charge is 0.368 e. The first kappa shape index (κ1) is 12.9. The van der Waals surface area contributed by atoms with Crippen LogP contribution in [-0.2, 0) is 0 Å². The fraction of sp³-hybridized carbons (Fsp3) is 0.571. The fourth-order valence-corrected chi connectivity index (χ4v) is 3.03. The molecule has 0 amide bonds. The Hall–Kier alpha value is -0.540. The van der Waals surface area contributed by atoms with Crippen LogP contribution in [0.25, 0.3) is 0 Å². The average molecular weight is 297 g/mol. The second kappa shape index (κ2) is 5.40. The van der Waals surface area contributed by atoms with E-state index in [1.807, 2.05) is 0 Å². The molecule has 0 aromatic heterocycles. The number of hydrogen-bond acceptors (Lipinski definition) is 2. The topological polar surface area (TPSA) is 15.3 Å². The van der Waals surface area contributed by atoms with Crippen LogP contribution in [0.1, 0.15) is 25.3 Å². The summed E-state index contributed by atoms with van der Waals surface area (Å²) in [7, 11) is 2.07. The maximum Gasteiger partial charge on any atom is 0.0409 e. The normalized spacial score (nSPS) is 25.1. The number of nitrogens with zero attached hydrogens (tertiary/aromatic N) is 1. The third-order valence-corrected chi connectivity index (χ3v) is 4.26. The quantitative estimate of drug-likeness (QED) is 0.900. The van der Waals surface area contributed by atoms with Crippen LogP contribution in [0.4, 0.5) is 5.69 Å². The van der Waals surface area contributed by atoms with Crippen LogP contribution in [0, 0.1) is 6.92 Å². The van der Waals surface area contributed by atoms with E-state index in [0.717, 1.165) is 6.54 Å². The zero-order chi connectivity index (χ0) is 12.4. The molecule has 0 aliphatic carbocycles. The van der Waals surface area contributed by atoms with Crippen molar-refractivity contribution in [3.63, 3.8) is 0 Å². The van der Waals surface area contributed by atoms with E-state index < -0.39 is 0 Å². The van der Waals surface area contributed by atoms with E-state index in [-0.39, 0.29) is 0 Å². The minimum Gasteiger partial charge on any atom is -0.368 e. The van der Waals surface area contributed by atoms with Crippen LogP contribution < -0.4 is 10.2 Å². The molecule has 0 saturated carbocycles. The first-order valence-electron chi connectivity index (χ1n) is 6.32. The lowest BCUT2D eigenvalue weighted by Crippen LogP contribution is -2.46. The summed E-state index contributed by atoms with van der Waals surface area (Å²) in [6.07, 6.45) is 2.45. The molecular formula is C14H21BrN2. The van der Waals surface area contributed by atoms with Crippen LogP contribution in [0.3, 0.4) is 0 Å². The lowest BCUT2D eigenvalue weighted by atomic mass is 9.97. The van der Waals surface area contributed by atoms with Crippen molar-refractivity contribution in [2.45, 2.75) is 38.8 Å². The molecule has 2 nitrogen and oxygen atoms in total. The summed E-state index contributed by atoms with van der Waals surface area (Å²) >= 11 is 3.57. The van der Waals surface area contributed by atoms with Crippen molar-refractivity contribution < 1.29 is 0 Å². The molecule has 1 aliphatic rings. The van der Waals surface area contributed by atoms with Crippen molar-refractivity contribution >= 4 is 21.6 Å². The molecule has 1 saturated heterocycles. The Morgan fingerprint density at radius 1 is 1.41 bits per heavy atom. The number of benzene rings is 1. The number of piperidine rings is 1. The number of halogens is 1. The van der Waals surface area contributed by atoms with Crippen molar-refractivity contribution in [1.82, 2.24) is 5.32 Å². The SMILES string of the molecule is CNC1CCN(c2cc(Br)ccc2C)C(C)C1. The van der Waals surface area contributed by atoms with Crippen molar-refractivity contribution in [3.05, 3.63) is 28.2 Å². The Kier molecular flexibility index (Phi) is 4.10. The number of hydrogen-bond donors (Lipinski definition) is 1. The van der Waals surface area contributed by atoms with Gasteiger partial charge in [-0.05, 0) is 51.4 Å². The Morgan fingerprint density at radius 2 is 2.18 bits per heavy atom. The second-order valence-electron chi connectivity index (χ2n) is 4.98. The van der Waals surface area contributed by atoms with Gasteiger partial charge in [0.25, 0.3) is 0 Å². The summed E-state index contributed by atoms with van der Waals surface area (Å²) < 4.78 is 1.17. The molecule has 0 bridgehead atoms. The molecule has 1 aromatic carbocycles. The Bertz CT molecular complexity index is 392. The zero-order valence-electron chi connectivity index (χ0n) is 10.8. The molecule has 2 rings (SSSR count). The molecule has 1 N–H and O–H groups in total. The van der Waals surface area contributed by atoms with E-state index in [1.165, 1.54) is 28.6 Å². The molecule has 17 heavy (non-hydrogen) atoms. The predicted octanol–water partition coefficient (Wildman–Crippen LogP) is 3.33. The number of anilines is 1. The number of nitrogens with one attached hydrogen (secondary N) is 1. The van der Waals surface area contributed by atoms with Crippen LogP contribution in [0.2, 0.25) is 0 Å². The minimum atomic E-state index is 0.606. The van der Waals surface area contributed by atoms with Gasteiger partial charge >= 0.3 is 0 Å². The smallest absolute Gasteiger partial charge is 0.0409 e. The summed E-state index contributed by atoms with van der Waals surface area (Å²) in [4.78, 5) is 2.54. The molecule has 0 spiro atoms. The molecule has 2 unspecified atom stereocenters.